The van der Waals surface area contributed by atoms with Crippen LogP contribution in [0.3, 0.4) is 0 Å². The first-order valence-electron chi connectivity index (χ1n) is 8.98. The summed E-state index contributed by atoms with van der Waals surface area (Å²) in [6.45, 7) is 4.89. The van der Waals surface area contributed by atoms with Crippen molar-refractivity contribution in [1.29, 1.82) is 0 Å². The van der Waals surface area contributed by atoms with Crippen molar-refractivity contribution in [3.8, 4) is 11.5 Å². The van der Waals surface area contributed by atoms with Crippen LogP contribution in [0.2, 0.25) is 0 Å². The van der Waals surface area contributed by atoms with Crippen LogP contribution >= 0.6 is 0 Å². The fourth-order valence-corrected chi connectivity index (χ4v) is 2.78. The number of hydrogen-bond acceptors (Lipinski definition) is 3. The van der Waals surface area contributed by atoms with E-state index in [-0.39, 0.29) is 5.91 Å². The Hall–Kier alpha value is -3.27. The molecule has 1 amide bonds. The summed E-state index contributed by atoms with van der Waals surface area (Å²) in [6, 6.07) is 22.7. The van der Waals surface area contributed by atoms with Crippen LogP contribution in [-0.4, -0.2) is 12.5 Å². The van der Waals surface area contributed by atoms with E-state index >= 15 is 0 Å². The maximum Gasteiger partial charge on any atom is 0.259 e. The van der Waals surface area contributed by atoms with Gasteiger partial charge in [0.15, 0.2) is 0 Å². The first-order chi connectivity index (χ1) is 13.2. The number of carbonyl (C=O) groups is 1. The molecule has 0 unspecified atom stereocenters. The first kappa shape index (κ1) is 18.5. The summed E-state index contributed by atoms with van der Waals surface area (Å²) in [5, 5.41) is 2.92. The molecule has 0 bridgehead atoms. The molecule has 0 radical (unpaired) electrons. The van der Waals surface area contributed by atoms with E-state index in [4.69, 9.17) is 9.47 Å². The number of para-hydroxylation sites is 3. The molecule has 0 saturated heterocycles. The number of nitrogens with one attached hydrogen (secondary N) is 1. The van der Waals surface area contributed by atoms with Gasteiger partial charge in [-0.1, -0.05) is 54.1 Å². The van der Waals surface area contributed by atoms with Gasteiger partial charge in [-0.25, -0.2) is 0 Å². The van der Waals surface area contributed by atoms with Crippen LogP contribution in [0.25, 0.3) is 0 Å². The standard InChI is InChI=1S/C23H23NO3/c1-3-26-22-14-7-5-12-20(22)24-23(25)19-11-4-6-13-21(19)27-16-18-10-8-9-17(2)15-18/h4-15H,3,16H2,1-2H3,(H,24,25). The highest BCUT2D eigenvalue weighted by Crippen LogP contribution is 2.26. The first-order valence-corrected chi connectivity index (χ1v) is 8.98. The van der Waals surface area contributed by atoms with E-state index in [2.05, 4.69) is 11.4 Å². The molecule has 0 spiro atoms. The van der Waals surface area contributed by atoms with Crippen LogP contribution in [0.15, 0.2) is 72.8 Å². The van der Waals surface area contributed by atoms with Crippen molar-refractivity contribution in [2.75, 3.05) is 11.9 Å². The van der Waals surface area contributed by atoms with Crippen molar-refractivity contribution in [1.82, 2.24) is 0 Å². The Morgan fingerprint density at radius 1 is 0.889 bits per heavy atom. The third kappa shape index (κ3) is 4.88. The zero-order chi connectivity index (χ0) is 19.1. The minimum Gasteiger partial charge on any atom is -0.492 e. The molecule has 0 fully saturated rings. The summed E-state index contributed by atoms with van der Waals surface area (Å²) in [7, 11) is 0. The zero-order valence-electron chi connectivity index (χ0n) is 15.6. The van der Waals surface area contributed by atoms with E-state index in [1.807, 2.05) is 68.4 Å². The minimum absolute atomic E-state index is 0.234. The van der Waals surface area contributed by atoms with Crippen molar-refractivity contribution < 1.29 is 14.3 Å². The molecule has 0 saturated carbocycles. The molecule has 4 heteroatoms. The lowest BCUT2D eigenvalue weighted by atomic mass is 10.1. The van der Waals surface area contributed by atoms with Crippen LogP contribution in [0.4, 0.5) is 5.69 Å². The predicted molar refractivity (Wildman–Crippen MR) is 108 cm³/mol. The van der Waals surface area contributed by atoms with Crippen LogP contribution in [-0.2, 0) is 6.61 Å². The lowest BCUT2D eigenvalue weighted by molar-refractivity contribution is 0.102. The third-order valence-electron chi connectivity index (χ3n) is 4.04. The van der Waals surface area contributed by atoms with E-state index in [9.17, 15) is 4.79 Å². The van der Waals surface area contributed by atoms with Gasteiger partial charge in [-0.2, -0.15) is 0 Å². The number of anilines is 1. The maximum atomic E-state index is 12.8. The Morgan fingerprint density at radius 3 is 2.41 bits per heavy atom. The van der Waals surface area contributed by atoms with Gasteiger partial charge in [0.2, 0.25) is 0 Å². The predicted octanol–water partition coefficient (Wildman–Crippen LogP) is 5.23. The van der Waals surface area contributed by atoms with Crippen molar-refractivity contribution in [2.45, 2.75) is 20.5 Å². The second kappa shape index (κ2) is 8.90. The number of ether oxygens (including phenoxy) is 2. The second-order valence-corrected chi connectivity index (χ2v) is 6.16. The van der Waals surface area contributed by atoms with Gasteiger partial charge >= 0.3 is 0 Å². The summed E-state index contributed by atoms with van der Waals surface area (Å²) in [5.74, 6) is 0.957. The summed E-state index contributed by atoms with van der Waals surface area (Å²) in [5.41, 5.74) is 3.36. The molecule has 3 aromatic rings. The number of carbonyl (C=O) groups excluding carboxylic acids is 1. The second-order valence-electron chi connectivity index (χ2n) is 6.16. The van der Waals surface area contributed by atoms with Gasteiger partial charge in [0.1, 0.15) is 18.1 Å². The smallest absolute Gasteiger partial charge is 0.259 e. The molecule has 138 valence electrons. The molecule has 1 N–H and O–H groups in total. The summed E-state index contributed by atoms with van der Waals surface area (Å²) in [4.78, 5) is 12.8. The van der Waals surface area contributed by atoms with Crippen molar-refractivity contribution >= 4 is 11.6 Å². The average molecular weight is 361 g/mol. The van der Waals surface area contributed by atoms with Crippen molar-refractivity contribution in [3.63, 3.8) is 0 Å². The van der Waals surface area contributed by atoms with Gasteiger partial charge < -0.3 is 14.8 Å². The lowest BCUT2D eigenvalue weighted by Gasteiger charge is -2.14. The maximum absolute atomic E-state index is 12.8. The van der Waals surface area contributed by atoms with Gasteiger partial charge in [-0.3, -0.25) is 4.79 Å². The van der Waals surface area contributed by atoms with Crippen LogP contribution in [0.5, 0.6) is 11.5 Å². The van der Waals surface area contributed by atoms with E-state index in [1.54, 1.807) is 12.1 Å². The highest BCUT2D eigenvalue weighted by molar-refractivity contribution is 6.06. The van der Waals surface area contributed by atoms with E-state index in [0.717, 1.165) is 5.56 Å². The average Bonchev–Trinajstić information content (AvgIpc) is 2.68. The Kier molecular flexibility index (Phi) is 6.10. The zero-order valence-corrected chi connectivity index (χ0v) is 15.6. The molecule has 3 aromatic carbocycles. The summed E-state index contributed by atoms with van der Waals surface area (Å²) >= 11 is 0. The molecule has 0 aliphatic rings. The van der Waals surface area contributed by atoms with Gasteiger partial charge in [0.25, 0.3) is 5.91 Å². The summed E-state index contributed by atoms with van der Waals surface area (Å²) < 4.78 is 11.5. The number of hydrogen-bond donors (Lipinski definition) is 1. The SMILES string of the molecule is CCOc1ccccc1NC(=O)c1ccccc1OCc1cccc(C)c1. The van der Waals surface area contributed by atoms with Crippen LogP contribution < -0.4 is 14.8 Å². The minimum atomic E-state index is -0.234. The number of amides is 1. The Balaban J connectivity index is 1.76. The molecule has 3 rings (SSSR count). The quantitative estimate of drug-likeness (QED) is 0.627. The Labute approximate surface area is 159 Å². The Bertz CT molecular complexity index is 921. The van der Waals surface area contributed by atoms with Gasteiger partial charge in [0, 0.05) is 0 Å². The molecule has 0 atom stereocenters. The van der Waals surface area contributed by atoms with E-state index in [1.165, 1.54) is 5.56 Å². The normalized spacial score (nSPS) is 10.3. The molecule has 0 aromatic heterocycles. The lowest BCUT2D eigenvalue weighted by Crippen LogP contribution is -2.14. The van der Waals surface area contributed by atoms with Crippen LogP contribution in [0, 0.1) is 6.92 Å². The molecule has 27 heavy (non-hydrogen) atoms. The van der Waals surface area contributed by atoms with Crippen LogP contribution in [0.1, 0.15) is 28.4 Å². The molecular formula is C23H23NO3. The van der Waals surface area contributed by atoms with Crippen molar-refractivity contribution in [2.24, 2.45) is 0 Å². The summed E-state index contributed by atoms with van der Waals surface area (Å²) in [6.07, 6.45) is 0. The molecule has 4 nitrogen and oxygen atoms in total. The topological polar surface area (TPSA) is 47.6 Å². The number of benzene rings is 3. The fourth-order valence-electron chi connectivity index (χ4n) is 2.78. The molecule has 0 aliphatic carbocycles. The van der Waals surface area contributed by atoms with E-state index in [0.29, 0.717) is 36.0 Å². The number of rotatable bonds is 7. The monoisotopic (exact) mass is 361 g/mol. The molecular weight excluding hydrogens is 338 g/mol. The third-order valence-corrected chi connectivity index (χ3v) is 4.04. The fraction of sp³-hybridized carbons (Fsp3) is 0.174. The Morgan fingerprint density at radius 2 is 1.63 bits per heavy atom. The van der Waals surface area contributed by atoms with E-state index < -0.39 is 0 Å². The molecule has 0 aliphatic heterocycles. The van der Waals surface area contributed by atoms with Gasteiger partial charge in [0.05, 0.1) is 17.9 Å². The van der Waals surface area contributed by atoms with Crippen molar-refractivity contribution in [3.05, 3.63) is 89.5 Å². The highest BCUT2D eigenvalue weighted by Gasteiger charge is 2.14. The largest absolute Gasteiger partial charge is 0.492 e. The molecule has 0 heterocycles. The number of aryl methyl sites for hydroxylation is 1. The van der Waals surface area contributed by atoms with Gasteiger partial charge in [-0.05, 0) is 43.7 Å². The van der Waals surface area contributed by atoms with Gasteiger partial charge in [-0.15, -0.1) is 0 Å². The highest BCUT2D eigenvalue weighted by atomic mass is 16.5.